The average Bonchev–Trinajstić information content (AvgIpc) is 2.02. The van der Waals surface area contributed by atoms with E-state index in [0.717, 1.165) is 0 Å². The highest BCUT2D eigenvalue weighted by Crippen LogP contribution is 2.18. The normalized spacial score (nSPS) is 12.9. The molecule has 1 aromatic carbocycles. The van der Waals surface area contributed by atoms with Gasteiger partial charge in [-0.25, -0.2) is 4.39 Å². The first kappa shape index (κ1) is 10.7. The van der Waals surface area contributed by atoms with E-state index in [1.165, 1.54) is 12.1 Å². The smallest absolute Gasteiger partial charge is 0.239 e. The Morgan fingerprint density at radius 1 is 1.50 bits per heavy atom. The Bertz CT molecular complexity index is 339. The van der Waals surface area contributed by atoms with Gasteiger partial charge < -0.3 is 5.73 Å². The molecule has 1 unspecified atom stereocenters. The molecule has 0 bridgehead atoms. The van der Waals surface area contributed by atoms with E-state index in [-0.39, 0.29) is 5.82 Å². The first-order valence-corrected chi connectivity index (χ1v) is 4.23. The lowest BCUT2D eigenvalue weighted by molar-refractivity contribution is -0.122. The van der Waals surface area contributed by atoms with Gasteiger partial charge in [-0.3, -0.25) is 9.69 Å². The molecule has 4 heteroatoms. The van der Waals surface area contributed by atoms with Gasteiger partial charge in [-0.1, -0.05) is 12.1 Å². The number of carbonyl (C=O) groups is 1. The summed E-state index contributed by atoms with van der Waals surface area (Å²) in [6.07, 6.45) is 0. The van der Waals surface area contributed by atoms with Crippen LogP contribution in [0.1, 0.15) is 11.6 Å². The molecule has 14 heavy (non-hydrogen) atoms. The number of nitrogens with zero attached hydrogens (tertiary/aromatic N) is 1. The van der Waals surface area contributed by atoms with E-state index in [2.05, 4.69) is 0 Å². The topological polar surface area (TPSA) is 46.3 Å². The summed E-state index contributed by atoms with van der Waals surface area (Å²) in [6, 6.07) is 5.31. The second-order valence-electron chi connectivity index (χ2n) is 3.32. The highest BCUT2D eigenvalue weighted by molar-refractivity contribution is 5.81. The number of likely N-dealkylation sites (N-methyl/N-ethyl adjacent to an activating group) is 1. The van der Waals surface area contributed by atoms with Crippen LogP contribution in [0.25, 0.3) is 0 Å². The van der Waals surface area contributed by atoms with Crippen molar-refractivity contribution in [3.8, 4) is 0 Å². The lowest BCUT2D eigenvalue weighted by atomic mass is 10.1. The lowest BCUT2D eigenvalue weighted by Crippen LogP contribution is -2.32. The first-order valence-electron chi connectivity index (χ1n) is 4.23. The van der Waals surface area contributed by atoms with Crippen LogP contribution in [-0.4, -0.2) is 24.9 Å². The Morgan fingerprint density at radius 2 is 2.14 bits per heavy atom. The number of hydrogen-bond acceptors (Lipinski definition) is 2. The van der Waals surface area contributed by atoms with E-state index in [9.17, 15) is 9.18 Å². The third-order valence-electron chi connectivity index (χ3n) is 1.95. The van der Waals surface area contributed by atoms with Gasteiger partial charge in [0.2, 0.25) is 5.91 Å². The maximum absolute atomic E-state index is 12.9. The minimum atomic E-state index is -0.578. The zero-order chi connectivity index (χ0) is 10.7. The van der Waals surface area contributed by atoms with Gasteiger partial charge in [-0.2, -0.15) is 0 Å². The summed E-state index contributed by atoms with van der Waals surface area (Å²) in [7, 11) is 3.45. The van der Waals surface area contributed by atoms with E-state index in [1.807, 2.05) is 0 Å². The number of amides is 1. The SMILES string of the molecule is CN(C)C(C(N)=O)c1cccc(F)c1. The third kappa shape index (κ3) is 2.29. The highest BCUT2D eigenvalue weighted by Gasteiger charge is 2.19. The van der Waals surface area contributed by atoms with Crippen molar-refractivity contribution in [1.29, 1.82) is 0 Å². The number of halogens is 1. The Kier molecular flexibility index (Phi) is 3.19. The number of carbonyl (C=O) groups excluding carboxylic acids is 1. The lowest BCUT2D eigenvalue weighted by Gasteiger charge is -2.21. The van der Waals surface area contributed by atoms with Crippen molar-refractivity contribution in [3.63, 3.8) is 0 Å². The molecule has 0 aliphatic rings. The fourth-order valence-electron chi connectivity index (χ4n) is 1.39. The van der Waals surface area contributed by atoms with Crippen molar-refractivity contribution in [1.82, 2.24) is 4.90 Å². The standard InChI is InChI=1S/C10H13FN2O/c1-13(2)9(10(12)14)7-4-3-5-8(11)6-7/h3-6,9H,1-2H3,(H2,12,14). The molecule has 1 aromatic rings. The zero-order valence-electron chi connectivity index (χ0n) is 8.20. The number of benzene rings is 1. The number of hydrogen-bond donors (Lipinski definition) is 1. The predicted octanol–water partition coefficient (Wildman–Crippen LogP) is 0.914. The van der Waals surface area contributed by atoms with E-state index < -0.39 is 11.9 Å². The Hall–Kier alpha value is -1.42. The van der Waals surface area contributed by atoms with Gasteiger partial charge in [0.1, 0.15) is 11.9 Å². The minimum absolute atomic E-state index is 0.365. The molecule has 0 aliphatic carbocycles. The molecule has 76 valence electrons. The molecule has 1 amide bonds. The summed E-state index contributed by atoms with van der Waals surface area (Å²) in [5, 5.41) is 0. The van der Waals surface area contributed by atoms with Crippen LogP contribution in [0.5, 0.6) is 0 Å². The maximum Gasteiger partial charge on any atom is 0.239 e. The Balaban J connectivity index is 3.05. The van der Waals surface area contributed by atoms with Crippen LogP contribution in [0.4, 0.5) is 4.39 Å². The fraction of sp³-hybridized carbons (Fsp3) is 0.300. The van der Waals surface area contributed by atoms with Crippen LogP contribution in [-0.2, 0) is 4.79 Å². The highest BCUT2D eigenvalue weighted by atomic mass is 19.1. The van der Waals surface area contributed by atoms with Gasteiger partial charge >= 0.3 is 0 Å². The van der Waals surface area contributed by atoms with Gasteiger partial charge in [0, 0.05) is 0 Å². The van der Waals surface area contributed by atoms with E-state index in [1.54, 1.807) is 31.1 Å². The average molecular weight is 196 g/mol. The Morgan fingerprint density at radius 3 is 2.57 bits per heavy atom. The zero-order valence-corrected chi connectivity index (χ0v) is 8.20. The van der Waals surface area contributed by atoms with Crippen molar-refractivity contribution >= 4 is 5.91 Å². The van der Waals surface area contributed by atoms with E-state index in [0.29, 0.717) is 5.56 Å². The molecule has 0 heterocycles. The first-order chi connectivity index (χ1) is 6.52. The summed E-state index contributed by atoms with van der Waals surface area (Å²) in [5.74, 6) is -0.851. The molecule has 1 rings (SSSR count). The summed E-state index contributed by atoms with van der Waals surface area (Å²) in [5.41, 5.74) is 5.79. The fourth-order valence-corrected chi connectivity index (χ4v) is 1.39. The molecular formula is C10H13FN2O. The van der Waals surface area contributed by atoms with Crippen molar-refractivity contribution < 1.29 is 9.18 Å². The molecule has 1 atom stereocenters. The quantitative estimate of drug-likeness (QED) is 0.781. The molecule has 0 aromatic heterocycles. The molecule has 2 N–H and O–H groups in total. The molecule has 0 aliphatic heterocycles. The molecular weight excluding hydrogens is 183 g/mol. The van der Waals surface area contributed by atoms with Crippen molar-refractivity contribution in [2.24, 2.45) is 5.73 Å². The summed E-state index contributed by atoms with van der Waals surface area (Å²) in [6.45, 7) is 0. The van der Waals surface area contributed by atoms with E-state index >= 15 is 0 Å². The molecule has 0 spiro atoms. The molecule has 0 saturated carbocycles. The number of rotatable bonds is 3. The second-order valence-corrected chi connectivity index (χ2v) is 3.32. The third-order valence-corrected chi connectivity index (χ3v) is 1.95. The monoisotopic (exact) mass is 196 g/mol. The summed E-state index contributed by atoms with van der Waals surface area (Å²) < 4.78 is 12.9. The van der Waals surface area contributed by atoms with Crippen LogP contribution < -0.4 is 5.73 Å². The van der Waals surface area contributed by atoms with Crippen molar-refractivity contribution in [2.45, 2.75) is 6.04 Å². The van der Waals surface area contributed by atoms with Crippen LogP contribution in [0, 0.1) is 5.82 Å². The van der Waals surface area contributed by atoms with Crippen molar-refractivity contribution in [2.75, 3.05) is 14.1 Å². The minimum Gasteiger partial charge on any atom is -0.368 e. The number of primary amides is 1. The van der Waals surface area contributed by atoms with E-state index in [4.69, 9.17) is 5.73 Å². The second kappa shape index (κ2) is 4.19. The van der Waals surface area contributed by atoms with Crippen LogP contribution >= 0.6 is 0 Å². The Labute approximate surface area is 82.3 Å². The molecule has 0 saturated heterocycles. The van der Waals surface area contributed by atoms with Gasteiger partial charge in [0.05, 0.1) is 0 Å². The predicted molar refractivity (Wildman–Crippen MR) is 52.0 cm³/mol. The van der Waals surface area contributed by atoms with Crippen LogP contribution in [0.15, 0.2) is 24.3 Å². The van der Waals surface area contributed by atoms with Gasteiger partial charge in [-0.05, 0) is 31.8 Å². The number of nitrogens with two attached hydrogens (primary N) is 1. The van der Waals surface area contributed by atoms with Gasteiger partial charge in [-0.15, -0.1) is 0 Å². The molecule has 0 fully saturated rings. The van der Waals surface area contributed by atoms with Crippen molar-refractivity contribution in [3.05, 3.63) is 35.6 Å². The largest absolute Gasteiger partial charge is 0.368 e. The summed E-state index contributed by atoms with van der Waals surface area (Å²) in [4.78, 5) is 12.8. The summed E-state index contributed by atoms with van der Waals surface area (Å²) >= 11 is 0. The maximum atomic E-state index is 12.9. The molecule has 3 nitrogen and oxygen atoms in total. The van der Waals surface area contributed by atoms with Gasteiger partial charge in [0.25, 0.3) is 0 Å². The van der Waals surface area contributed by atoms with Crippen LogP contribution in [0.2, 0.25) is 0 Å². The van der Waals surface area contributed by atoms with Crippen LogP contribution in [0.3, 0.4) is 0 Å². The van der Waals surface area contributed by atoms with Gasteiger partial charge in [0.15, 0.2) is 0 Å². The molecule has 0 radical (unpaired) electrons.